The topological polar surface area (TPSA) is 49.4 Å². The quantitative estimate of drug-likeness (QED) is 0.864. The van der Waals surface area contributed by atoms with E-state index in [2.05, 4.69) is 5.32 Å². The van der Waals surface area contributed by atoms with Gasteiger partial charge in [-0.3, -0.25) is 0 Å². The van der Waals surface area contributed by atoms with Gasteiger partial charge in [0.05, 0.1) is 4.90 Å². The van der Waals surface area contributed by atoms with Crippen molar-refractivity contribution < 1.29 is 8.42 Å². The van der Waals surface area contributed by atoms with Gasteiger partial charge in [0.15, 0.2) is 0 Å². The molecular formula is C13H22N2O2S. The molecular weight excluding hydrogens is 248 g/mol. The van der Waals surface area contributed by atoms with Gasteiger partial charge in [0, 0.05) is 25.3 Å². The highest BCUT2D eigenvalue weighted by atomic mass is 32.2. The van der Waals surface area contributed by atoms with E-state index in [1.807, 2.05) is 20.8 Å². The van der Waals surface area contributed by atoms with Crippen LogP contribution in [0.2, 0.25) is 0 Å². The number of rotatable bonds is 6. The van der Waals surface area contributed by atoms with Gasteiger partial charge in [-0.15, -0.1) is 0 Å². The Labute approximate surface area is 110 Å². The summed E-state index contributed by atoms with van der Waals surface area (Å²) in [5.41, 5.74) is 0.903. The van der Waals surface area contributed by atoms with Crippen LogP contribution < -0.4 is 5.32 Å². The van der Waals surface area contributed by atoms with Gasteiger partial charge < -0.3 is 5.32 Å². The van der Waals surface area contributed by atoms with E-state index in [-0.39, 0.29) is 6.04 Å². The summed E-state index contributed by atoms with van der Waals surface area (Å²) in [7, 11) is -1.58. The number of anilines is 1. The summed E-state index contributed by atoms with van der Waals surface area (Å²) < 4.78 is 26.5. The van der Waals surface area contributed by atoms with Crippen molar-refractivity contribution in [3.8, 4) is 0 Å². The number of benzene rings is 1. The zero-order valence-electron chi connectivity index (χ0n) is 11.5. The Kier molecular flexibility index (Phi) is 5.16. The average Bonchev–Trinajstić information content (AvgIpc) is 2.39. The molecule has 1 N–H and O–H groups in total. The Hall–Kier alpha value is -1.07. The van der Waals surface area contributed by atoms with E-state index >= 15 is 0 Å². The van der Waals surface area contributed by atoms with Crippen LogP contribution in [0.25, 0.3) is 0 Å². The third kappa shape index (κ3) is 3.03. The van der Waals surface area contributed by atoms with Gasteiger partial charge in [-0.05, 0) is 37.6 Å². The van der Waals surface area contributed by atoms with Crippen LogP contribution in [0, 0.1) is 0 Å². The molecule has 0 aliphatic rings. The van der Waals surface area contributed by atoms with Crippen molar-refractivity contribution in [3.63, 3.8) is 0 Å². The summed E-state index contributed by atoms with van der Waals surface area (Å²) >= 11 is 0. The minimum Gasteiger partial charge on any atom is -0.388 e. The maximum atomic E-state index is 12.5. The lowest BCUT2D eigenvalue weighted by atomic mass is 10.3. The fraction of sp³-hybridized carbons (Fsp3) is 0.538. The molecule has 0 aromatic heterocycles. The molecule has 0 spiro atoms. The highest BCUT2D eigenvalue weighted by molar-refractivity contribution is 7.89. The molecule has 1 unspecified atom stereocenters. The zero-order valence-corrected chi connectivity index (χ0v) is 12.3. The largest absolute Gasteiger partial charge is 0.388 e. The van der Waals surface area contributed by atoms with Crippen LogP contribution in [-0.4, -0.2) is 32.4 Å². The van der Waals surface area contributed by atoms with Crippen molar-refractivity contribution in [2.24, 2.45) is 0 Å². The molecule has 1 aromatic rings. The normalized spacial score (nSPS) is 13.6. The zero-order chi connectivity index (χ0) is 13.8. The second kappa shape index (κ2) is 6.20. The molecule has 0 fully saturated rings. The molecule has 18 heavy (non-hydrogen) atoms. The molecule has 1 aromatic carbocycles. The molecule has 0 saturated carbocycles. The van der Waals surface area contributed by atoms with Crippen LogP contribution in [0.1, 0.15) is 27.2 Å². The van der Waals surface area contributed by atoms with Crippen molar-refractivity contribution in [2.45, 2.75) is 38.1 Å². The first-order valence-electron chi connectivity index (χ1n) is 6.27. The molecule has 0 amide bonds. The number of nitrogens with zero attached hydrogens (tertiary/aromatic N) is 1. The Bertz CT molecular complexity index is 468. The van der Waals surface area contributed by atoms with E-state index in [0.717, 1.165) is 12.1 Å². The van der Waals surface area contributed by atoms with Gasteiger partial charge in [-0.25, -0.2) is 8.42 Å². The van der Waals surface area contributed by atoms with Crippen LogP contribution in [-0.2, 0) is 10.0 Å². The molecule has 0 radical (unpaired) electrons. The smallest absolute Gasteiger partial charge is 0.243 e. The molecule has 102 valence electrons. The number of hydrogen-bond acceptors (Lipinski definition) is 3. The van der Waals surface area contributed by atoms with Gasteiger partial charge in [0.2, 0.25) is 10.0 Å². The van der Waals surface area contributed by atoms with Crippen LogP contribution in [0.3, 0.4) is 0 Å². The maximum Gasteiger partial charge on any atom is 0.243 e. The lowest BCUT2D eigenvalue weighted by Gasteiger charge is -2.26. The second-order valence-corrected chi connectivity index (χ2v) is 6.13. The number of sulfonamides is 1. The van der Waals surface area contributed by atoms with Crippen molar-refractivity contribution in [3.05, 3.63) is 24.3 Å². The molecule has 5 heteroatoms. The summed E-state index contributed by atoms with van der Waals surface area (Å²) in [6.45, 7) is 6.28. The van der Waals surface area contributed by atoms with E-state index in [0.29, 0.717) is 11.4 Å². The molecule has 0 aliphatic carbocycles. The standard InChI is InChI=1S/C13H22N2O2S/c1-5-11(3)15(6-2)18(16,17)13-9-7-12(14-4)8-10-13/h7-11,14H,5-6H2,1-4H3. The number of hydrogen-bond donors (Lipinski definition) is 1. The summed E-state index contributed by atoms with van der Waals surface area (Å²) in [5.74, 6) is 0. The molecule has 0 bridgehead atoms. The van der Waals surface area contributed by atoms with E-state index in [1.165, 1.54) is 0 Å². The van der Waals surface area contributed by atoms with Crippen molar-refractivity contribution in [1.29, 1.82) is 0 Å². The monoisotopic (exact) mass is 270 g/mol. The summed E-state index contributed by atoms with van der Waals surface area (Å²) in [6.07, 6.45) is 0.807. The third-order valence-corrected chi connectivity index (χ3v) is 5.25. The van der Waals surface area contributed by atoms with Gasteiger partial charge >= 0.3 is 0 Å². The fourth-order valence-electron chi connectivity index (χ4n) is 1.85. The lowest BCUT2D eigenvalue weighted by molar-refractivity contribution is 0.342. The molecule has 4 nitrogen and oxygen atoms in total. The van der Waals surface area contributed by atoms with Crippen LogP contribution in [0.15, 0.2) is 29.2 Å². The maximum absolute atomic E-state index is 12.5. The SMILES string of the molecule is CCC(C)N(CC)S(=O)(=O)c1ccc(NC)cc1. The van der Waals surface area contributed by atoms with Crippen molar-refractivity contribution in [1.82, 2.24) is 4.31 Å². The summed E-state index contributed by atoms with van der Waals surface area (Å²) in [5, 5.41) is 2.97. The predicted molar refractivity (Wildman–Crippen MR) is 75.3 cm³/mol. The first-order chi connectivity index (χ1) is 8.47. The summed E-state index contributed by atoms with van der Waals surface area (Å²) in [6, 6.07) is 6.86. The Morgan fingerprint density at radius 3 is 2.17 bits per heavy atom. The van der Waals surface area contributed by atoms with Crippen LogP contribution in [0.5, 0.6) is 0 Å². The van der Waals surface area contributed by atoms with Gasteiger partial charge in [0.1, 0.15) is 0 Å². The highest BCUT2D eigenvalue weighted by Gasteiger charge is 2.26. The van der Waals surface area contributed by atoms with Crippen LogP contribution in [0.4, 0.5) is 5.69 Å². The second-order valence-electron chi connectivity index (χ2n) is 4.24. The van der Waals surface area contributed by atoms with Crippen LogP contribution >= 0.6 is 0 Å². The molecule has 0 aliphatic heterocycles. The van der Waals surface area contributed by atoms with Gasteiger partial charge in [0.25, 0.3) is 0 Å². The van der Waals surface area contributed by atoms with E-state index in [4.69, 9.17) is 0 Å². The molecule has 0 saturated heterocycles. The van der Waals surface area contributed by atoms with E-state index in [1.54, 1.807) is 35.6 Å². The first kappa shape index (κ1) is 15.0. The molecule has 1 atom stereocenters. The third-order valence-electron chi connectivity index (χ3n) is 3.14. The van der Waals surface area contributed by atoms with E-state index in [9.17, 15) is 8.42 Å². The fourth-order valence-corrected chi connectivity index (χ4v) is 3.56. The summed E-state index contributed by atoms with van der Waals surface area (Å²) in [4.78, 5) is 0.351. The average molecular weight is 270 g/mol. The lowest BCUT2D eigenvalue weighted by Crippen LogP contribution is -2.38. The minimum absolute atomic E-state index is 0.0176. The molecule has 0 heterocycles. The predicted octanol–water partition coefficient (Wildman–Crippen LogP) is 2.54. The number of nitrogens with one attached hydrogen (secondary N) is 1. The van der Waals surface area contributed by atoms with E-state index < -0.39 is 10.0 Å². The Morgan fingerprint density at radius 1 is 1.22 bits per heavy atom. The highest BCUT2D eigenvalue weighted by Crippen LogP contribution is 2.20. The molecule has 1 rings (SSSR count). The van der Waals surface area contributed by atoms with Gasteiger partial charge in [-0.2, -0.15) is 4.31 Å². The van der Waals surface area contributed by atoms with Crippen molar-refractivity contribution >= 4 is 15.7 Å². The minimum atomic E-state index is -3.38. The Balaban J connectivity index is 3.10. The Morgan fingerprint density at radius 2 is 1.78 bits per heavy atom. The first-order valence-corrected chi connectivity index (χ1v) is 7.71. The van der Waals surface area contributed by atoms with Gasteiger partial charge in [-0.1, -0.05) is 13.8 Å². The van der Waals surface area contributed by atoms with Crippen molar-refractivity contribution in [2.75, 3.05) is 18.9 Å².